The number of rotatable bonds is 4. The quantitative estimate of drug-likeness (QED) is 0.451. The van der Waals surface area contributed by atoms with Crippen LogP contribution < -0.4 is 0 Å². The fourth-order valence-corrected chi connectivity index (χ4v) is 3.31. The average molecular weight is 280 g/mol. The van der Waals surface area contributed by atoms with Gasteiger partial charge in [0.05, 0.1) is 4.86 Å². The molecule has 0 N–H and O–H groups in total. The Morgan fingerprint density at radius 1 is 0.850 bits per heavy atom. The van der Waals surface area contributed by atoms with E-state index < -0.39 is 0 Å². The van der Waals surface area contributed by atoms with Gasteiger partial charge in [-0.05, 0) is 48.6 Å². The molecule has 0 nitrogen and oxygen atoms in total. The van der Waals surface area contributed by atoms with Crippen LogP contribution in [0.1, 0.15) is 48.4 Å². The minimum Gasteiger partial charge on any atom is -0.0787 e. The van der Waals surface area contributed by atoms with Crippen molar-refractivity contribution >= 4 is 17.1 Å². The Balaban J connectivity index is 1.95. The summed E-state index contributed by atoms with van der Waals surface area (Å²) in [7, 11) is 0. The summed E-state index contributed by atoms with van der Waals surface area (Å²) in [5, 5.41) is 0. The summed E-state index contributed by atoms with van der Waals surface area (Å²) in [6.45, 7) is 4.37. The van der Waals surface area contributed by atoms with Crippen molar-refractivity contribution in [2.24, 2.45) is 0 Å². The van der Waals surface area contributed by atoms with Crippen LogP contribution in [0.15, 0.2) is 36.4 Å². The monoisotopic (exact) mass is 280 g/mol. The Bertz CT molecular complexity index is 667. The van der Waals surface area contributed by atoms with Crippen LogP contribution in [0.3, 0.4) is 0 Å². The summed E-state index contributed by atoms with van der Waals surface area (Å²) in [6.07, 6.45) is 5.02. The molecule has 2 aromatic rings. The van der Waals surface area contributed by atoms with E-state index in [4.69, 9.17) is 12.2 Å². The molecule has 0 bridgehead atoms. The number of unbranched alkanes of at least 4 members (excludes halogenated alkanes) is 2. The third kappa shape index (κ3) is 2.31. The minimum absolute atomic E-state index is 1.02. The zero-order valence-corrected chi connectivity index (χ0v) is 13.0. The Morgan fingerprint density at radius 3 is 2.30 bits per heavy atom. The number of hydrogen-bond donors (Lipinski definition) is 0. The highest BCUT2D eigenvalue weighted by atomic mass is 32.1. The van der Waals surface area contributed by atoms with Crippen molar-refractivity contribution in [3.63, 3.8) is 0 Å². The lowest BCUT2D eigenvalue weighted by atomic mass is 10.00. The van der Waals surface area contributed by atoms with E-state index in [9.17, 15) is 0 Å². The highest BCUT2D eigenvalue weighted by Gasteiger charge is 2.23. The first-order chi connectivity index (χ1) is 9.70. The highest BCUT2D eigenvalue weighted by Crippen LogP contribution is 2.38. The van der Waals surface area contributed by atoms with Crippen LogP contribution in [0.25, 0.3) is 11.1 Å². The van der Waals surface area contributed by atoms with Gasteiger partial charge in [-0.2, -0.15) is 0 Å². The molecule has 0 saturated heterocycles. The van der Waals surface area contributed by atoms with Gasteiger partial charge in [0.15, 0.2) is 0 Å². The van der Waals surface area contributed by atoms with Gasteiger partial charge in [0.2, 0.25) is 0 Å². The van der Waals surface area contributed by atoms with E-state index in [1.165, 1.54) is 59.1 Å². The van der Waals surface area contributed by atoms with Gasteiger partial charge in [0, 0.05) is 11.1 Å². The molecule has 0 atom stereocenters. The Kier molecular flexibility index (Phi) is 3.71. The van der Waals surface area contributed by atoms with E-state index in [0.717, 1.165) is 4.86 Å². The standard InChI is InChI=1S/C19H20S/c1-3-4-5-6-14-8-10-16-15-9-7-13(2)11-17(15)19(20)18(16)12-14/h7-12H,3-6H2,1-2H3. The van der Waals surface area contributed by atoms with E-state index in [2.05, 4.69) is 50.2 Å². The number of fused-ring (bicyclic) bond motifs is 3. The fraction of sp³-hybridized carbons (Fsp3) is 0.316. The molecule has 102 valence electrons. The predicted molar refractivity (Wildman–Crippen MR) is 90.6 cm³/mol. The van der Waals surface area contributed by atoms with E-state index in [-0.39, 0.29) is 0 Å². The van der Waals surface area contributed by atoms with Gasteiger partial charge in [0.1, 0.15) is 0 Å². The van der Waals surface area contributed by atoms with Crippen LogP contribution in [0, 0.1) is 6.92 Å². The molecule has 1 aliphatic rings. The summed E-state index contributed by atoms with van der Waals surface area (Å²) in [6, 6.07) is 13.4. The number of hydrogen-bond acceptors (Lipinski definition) is 1. The summed E-state index contributed by atoms with van der Waals surface area (Å²) in [5.74, 6) is 0. The van der Waals surface area contributed by atoms with Crippen LogP contribution in [0.5, 0.6) is 0 Å². The molecule has 1 heteroatoms. The molecule has 0 radical (unpaired) electrons. The molecule has 0 spiro atoms. The van der Waals surface area contributed by atoms with Gasteiger partial charge in [-0.1, -0.05) is 61.8 Å². The maximum Gasteiger partial charge on any atom is 0.0534 e. The molecule has 0 saturated carbocycles. The molecular weight excluding hydrogens is 260 g/mol. The summed E-state index contributed by atoms with van der Waals surface area (Å²) < 4.78 is 0. The Labute approximate surface area is 126 Å². The lowest BCUT2D eigenvalue weighted by molar-refractivity contribution is 0.717. The second kappa shape index (κ2) is 5.49. The first kappa shape index (κ1) is 13.5. The van der Waals surface area contributed by atoms with Gasteiger partial charge in [-0.3, -0.25) is 0 Å². The van der Waals surface area contributed by atoms with Gasteiger partial charge in [-0.25, -0.2) is 0 Å². The van der Waals surface area contributed by atoms with Crippen molar-refractivity contribution < 1.29 is 0 Å². The predicted octanol–water partition coefficient (Wildman–Crippen LogP) is 5.47. The van der Waals surface area contributed by atoms with E-state index >= 15 is 0 Å². The number of benzene rings is 2. The third-order valence-corrected chi connectivity index (χ3v) is 4.55. The van der Waals surface area contributed by atoms with Crippen molar-refractivity contribution in [1.82, 2.24) is 0 Å². The zero-order valence-electron chi connectivity index (χ0n) is 12.2. The van der Waals surface area contributed by atoms with Crippen LogP contribution in [-0.4, -0.2) is 4.86 Å². The van der Waals surface area contributed by atoms with Gasteiger partial charge in [0.25, 0.3) is 0 Å². The topological polar surface area (TPSA) is 0 Å². The molecule has 3 rings (SSSR count). The maximum atomic E-state index is 5.68. The molecule has 0 amide bonds. The first-order valence-corrected chi connectivity index (χ1v) is 7.90. The van der Waals surface area contributed by atoms with Crippen molar-refractivity contribution in [3.8, 4) is 11.1 Å². The number of thiocarbonyl (C=S) groups is 1. The summed E-state index contributed by atoms with van der Waals surface area (Å²) in [4.78, 5) is 1.02. The second-order valence-electron chi connectivity index (χ2n) is 5.72. The zero-order chi connectivity index (χ0) is 14.1. The molecule has 0 aliphatic heterocycles. The smallest absolute Gasteiger partial charge is 0.0534 e. The SMILES string of the molecule is CCCCCc1ccc2c(c1)C(=S)c1cc(C)ccc1-2. The molecule has 0 heterocycles. The van der Waals surface area contributed by atoms with E-state index in [0.29, 0.717) is 0 Å². The van der Waals surface area contributed by atoms with Gasteiger partial charge in [-0.15, -0.1) is 0 Å². The average Bonchev–Trinajstić information content (AvgIpc) is 2.72. The molecule has 20 heavy (non-hydrogen) atoms. The van der Waals surface area contributed by atoms with Crippen LogP contribution >= 0.6 is 12.2 Å². The lowest BCUT2D eigenvalue weighted by Gasteiger charge is -2.05. The van der Waals surface area contributed by atoms with Crippen molar-refractivity contribution in [1.29, 1.82) is 0 Å². The van der Waals surface area contributed by atoms with Gasteiger partial charge >= 0.3 is 0 Å². The van der Waals surface area contributed by atoms with Crippen molar-refractivity contribution in [2.75, 3.05) is 0 Å². The molecule has 0 fully saturated rings. The van der Waals surface area contributed by atoms with Crippen LogP contribution in [0.4, 0.5) is 0 Å². The summed E-state index contributed by atoms with van der Waals surface area (Å²) in [5.41, 5.74) is 7.81. The van der Waals surface area contributed by atoms with Crippen molar-refractivity contribution in [3.05, 3.63) is 58.7 Å². The molecule has 2 aromatic carbocycles. The van der Waals surface area contributed by atoms with Crippen LogP contribution in [0.2, 0.25) is 0 Å². The lowest BCUT2D eigenvalue weighted by Crippen LogP contribution is -1.95. The van der Waals surface area contributed by atoms with E-state index in [1.54, 1.807) is 0 Å². The molecule has 0 unspecified atom stereocenters. The fourth-order valence-electron chi connectivity index (χ4n) is 2.97. The second-order valence-corrected chi connectivity index (χ2v) is 6.12. The molecule has 1 aliphatic carbocycles. The largest absolute Gasteiger partial charge is 0.0787 e. The minimum atomic E-state index is 1.02. The normalized spacial score (nSPS) is 12.4. The first-order valence-electron chi connectivity index (χ1n) is 7.49. The highest BCUT2D eigenvalue weighted by molar-refractivity contribution is 7.81. The molecular formula is C19H20S. The summed E-state index contributed by atoms with van der Waals surface area (Å²) >= 11 is 5.68. The van der Waals surface area contributed by atoms with Crippen molar-refractivity contribution in [2.45, 2.75) is 39.5 Å². The molecule has 0 aromatic heterocycles. The van der Waals surface area contributed by atoms with Gasteiger partial charge < -0.3 is 0 Å². The van der Waals surface area contributed by atoms with E-state index in [1.807, 2.05) is 0 Å². The Morgan fingerprint density at radius 2 is 1.55 bits per heavy atom. The van der Waals surface area contributed by atoms with Crippen LogP contribution in [-0.2, 0) is 6.42 Å². The number of aryl methyl sites for hydroxylation is 2. The third-order valence-electron chi connectivity index (χ3n) is 4.11. The maximum absolute atomic E-state index is 5.68. The Hall–Kier alpha value is -1.47.